The lowest BCUT2D eigenvalue weighted by Gasteiger charge is -2.13. The van der Waals surface area contributed by atoms with Gasteiger partial charge in [0.05, 0.1) is 6.54 Å². The van der Waals surface area contributed by atoms with E-state index in [1.807, 2.05) is 12.1 Å². The third-order valence-electron chi connectivity index (χ3n) is 3.46. The molecule has 0 atom stereocenters. The van der Waals surface area contributed by atoms with Gasteiger partial charge in [0, 0.05) is 6.42 Å². The molecule has 1 aromatic rings. The molecule has 18 heavy (non-hydrogen) atoms. The highest BCUT2D eigenvalue weighted by Gasteiger charge is 2.15. The van der Waals surface area contributed by atoms with Crippen LogP contribution in [0.5, 0.6) is 0 Å². The van der Waals surface area contributed by atoms with Crippen LogP contribution in [0.4, 0.5) is 0 Å². The van der Waals surface area contributed by atoms with Crippen LogP contribution in [-0.4, -0.2) is 36.9 Å². The Morgan fingerprint density at radius 1 is 1.11 bits per heavy atom. The standard InChI is InChI=1S/C15H22N2O/c16-8-7-13-3-5-14(6-4-13)11-15(18)12-17-9-1-2-10-17/h3-6H,1-2,7-12,16H2. The molecule has 1 fully saturated rings. The molecule has 3 nitrogen and oxygen atoms in total. The number of nitrogens with two attached hydrogens (primary N) is 1. The average molecular weight is 246 g/mol. The van der Waals surface area contributed by atoms with E-state index < -0.39 is 0 Å². The van der Waals surface area contributed by atoms with Gasteiger partial charge < -0.3 is 5.73 Å². The Labute approximate surface area is 109 Å². The van der Waals surface area contributed by atoms with Crippen molar-refractivity contribution in [1.82, 2.24) is 4.90 Å². The number of carbonyl (C=O) groups is 1. The second-order valence-electron chi connectivity index (χ2n) is 5.05. The lowest BCUT2D eigenvalue weighted by atomic mass is 10.0. The zero-order chi connectivity index (χ0) is 12.8. The number of carbonyl (C=O) groups excluding carboxylic acids is 1. The summed E-state index contributed by atoms with van der Waals surface area (Å²) >= 11 is 0. The van der Waals surface area contributed by atoms with Crippen LogP contribution in [0.15, 0.2) is 24.3 Å². The molecule has 0 unspecified atom stereocenters. The number of hydrogen-bond acceptors (Lipinski definition) is 3. The van der Waals surface area contributed by atoms with Gasteiger partial charge in [0.15, 0.2) is 5.78 Å². The number of rotatable bonds is 6. The Morgan fingerprint density at radius 2 is 1.72 bits per heavy atom. The molecular weight excluding hydrogens is 224 g/mol. The van der Waals surface area contributed by atoms with E-state index in [9.17, 15) is 4.79 Å². The van der Waals surface area contributed by atoms with Gasteiger partial charge >= 0.3 is 0 Å². The molecule has 0 amide bonds. The Morgan fingerprint density at radius 3 is 2.33 bits per heavy atom. The van der Waals surface area contributed by atoms with Crippen molar-refractivity contribution >= 4 is 5.78 Å². The fraction of sp³-hybridized carbons (Fsp3) is 0.533. The quantitative estimate of drug-likeness (QED) is 0.825. The summed E-state index contributed by atoms with van der Waals surface area (Å²) in [5.74, 6) is 0.323. The first kappa shape index (κ1) is 13.2. The average Bonchev–Trinajstić information content (AvgIpc) is 2.84. The van der Waals surface area contributed by atoms with E-state index >= 15 is 0 Å². The Hall–Kier alpha value is -1.19. The van der Waals surface area contributed by atoms with Crippen molar-refractivity contribution in [3.05, 3.63) is 35.4 Å². The van der Waals surface area contributed by atoms with Gasteiger partial charge in [-0.05, 0) is 50.0 Å². The molecule has 0 bridgehead atoms. The van der Waals surface area contributed by atoms with Crippen molar-refractivity contribution in [3.63, 3.8) is 0 Å². The minimum Gasteiger partial charge on any atom is -0.330 e. The highest BCUT2D eigenvalue weighted by molar-refractivity contribution is 5.82. The number of Topliss-reactive ketones (excluding diaryl/α,β-unsaturated/α-hetero) is 1. The van der Waals surface area contributed by atoms with Crippen molar-refractivity contribution in [1.29, 1.82) is 0 Å². The Bertz CT molecular complexity index is 380. The smallest absolute Gasteiger partial charge is 0.151 e. The number of likely N-dealkylation sites (tertiary alicyclic amines) is 1. The summed E-state index contributed by atoms with van der Waals surface area (Å²) in [5.41, 5.74) is 7.87. The van der Waals surface area contributed by atoms with E-state index in [-0.39, 0.29) is 0 Å². The SMILES string of the molecule is NCCc1ccc(CC(=O)CN2CCCC2)cc1. The normalized spacial score (nSPS) is 16.1. The van der Waals surface area contributed by atoms with E-state index in [1.54, 1.807) is 0 Å². The van der Waals surface area contributed by atoms with E-state index in [4.69, 9.17) is 5.73 Å². The Balaban J connectivity index is 1.82. The van der Waals surface area contributed by atoms with Gasteiger partial charge in [-0.25, -0.2) is 0 Å². The predicted octanol–water partition coefficient (Wildman–Crippen LogP) is 1.40. The minimum atomic E-state index is 0.323. The lowest BCUT2D eigenvalue weighted by Crippen LogP contribution is -2.27. The lowest BCUT2D eigenvalue weighted by molar-refractivity contribution is -0.119. The molecule has 1 saturated heterocycles. The number of benzene rings is 1. The topological polar surface area (TPSA) is 46.3 Å². The second kappa shape index (κ2) is 6.66. The van der Waals surface area contributed by atoms with Gasteiger partial charge in [0.25, 0.3) is 0 Å². The summed E-state index contributed by atoms with van der Waals surface area (Å²) in [4.78, 5) is 14.2. The molecule has 2 N–H and O–H groups in total. The molecule has 0 saturated carbocycles. The van der Waals surface area contributed by atoms with E-state index in [1.165, 1.54) is 18.4 Å². The number of ketones is 1. The molecule has 0 aromatic heterocycles. The summed E-state index contributed by atoms with van der Waals surface area (Å²) < 4.78 is 0. The summed E-state index contributed by atoms with van der Waals surface area (Å²) in [6, 6.07) is 8.25. The summed E-state index contributed by atoms with van der Waals surface area (Å²) in [6.07, 6.45) is 3.93. The van der Waals surface area contributed by atoms with Gasteiger partial charge in [-0.3, -0.25) is 9.69 Å². The van der Waals surface area contributed by atoms with Crippen molar-refractivity contribution in [2.24, 2.45) is 5.73 Å². The number of hydrogen-bond donors (Lipinski definition) is 1. The highest BCUT2D eigenvalue weighted by atomic mass is 16.1. The fourth-order valence-electron chi connectivity index (χ4n) is 2.46. The van der Waals surface area contributed by atoms with Crippen molar-refractivity contribution < 1.29 is 4.79 Å². The van der Waals surface area contributed by atoms with Gasteiger partial charge in [0.1, 0.15) is 0 Å². The van der Waals surface area contributed by atoms with Gasteiger partial charge in [-0.2, -0.15) is 0 Å². The molecule has 1 aliphatic rings. The van der Waals surface area contributed by atoms with Gasteiger partial charge in [0.2, 0.25) is 0 Å². The van der Waals surface area contributed by atoms with E-state index in [0.717, 1.165) is 25.1 Å². The first-order valence-electron chi connectivity index (χ1n) is 6.80. The van der Waals surface area contributed by atoms with Crippen molar-refractivity contribution in [2.45, 2.75) is 25.7 Å². The maximum Gasteiger partial charge on any atom is 0.151 e. The molecule has 0 aliphatic carbocycles. The largest absolute Gasteiger partial charge is 0.330 e. The van der Waals surface area contributed by atoms with Crippen molar-refractivity contribution in [2.75, 3.05) is 26.2 Å². The maximum atomic E-state index is 11.9. The third kappa shape index (κ3) is 3.93. The zero-order valence-electron chi connectivity index (χ0n) is 10.9. The first-order valence-corrected chi connectivity index (χ1v) is 6.80. The van der Waals surface area contributed by atoms with Crippen LogP contribution >= 0.6 is 0 Å². The first-order chi connectivity index (χ1) is 8.78. The predicted molar refractivity (Wildman–Crippen MR) is 73.6 cm³/mol. The molecule has 98 valence electrons. The molecule has 2 rings (SSSR count). The second-order valence-corrected chi connectivity index (χ2v) is 5.05. The van der Waals surface area contributed by atoms with Crippen LogP contribution in [0.3, 0.4) is 0 Å². The minimum absolute atomic E-state index is 0.323. The van der Waals surface area contributed by atoms with Crippen LogP contribution in [-0.2, 0) is 17.6 Å². The number of nitrogens with zero attached hydrogens (tertiary/aromatic N) is 1. The molecular formula is C15H22N2O. The van der Waals surface area contributed by atoms with Gasteiger partial charge in [-0.15, -0.1) is 0 Å². The summed E-state index contributed by atoms with van der Waals surface area (Å²) in [6.45, 7) is 3.46. The maximum absolute atomic E-state index is 11.9. The molecule has 1 aliphatic heterocycles. The van der Waals surface area contributed by atoms with Crippen molar-refractivity contribution in [3.8, 4) is 0 Å². The molecule has 1 aromatic carbocycles. The van der Waals surface area contributed by atoms with E-state index in [2.05, 4.69) is 17.0 Å². The third-order valence-corrected chi connectivity index (χ3v) is 3.46. The van der Waals surface area contributed by atoms with Crippen LogP contribution in [0.2, 0.25) is 0 Å². The van der Waals surface area contributed by atoms with Crippen LogP contribution < -0.4 is 5.73 Å². The van der Waals surface area contributed by atoms with Crippen LogP contribution in [0, 0.1) is 0 Å². The highest BCUT2D eigenvalue weighted by Crippen LogP contribution is 2.09. The van der Waals surface area contributed by atoms with Crippen LogP contribution in [0.25, 0.3) is 0 Å². The Kier molecular flexibility index (Phi) is 4.90. The molecule has 3 heteroatoms. The summed E-state index contributed by atoms with van der Waals surface area (Å²) in [5, 5.41) is 0. The van der Waals surface area contributed by atoms with E-state index in [0.29, 0.717) is 25.3 Å². The fourth-order valence-corrected chi connectivity index (χ4v) is 2.46. The zero-order valence-corrected chi connectivity index (χ0v) is 10.9. The summed E-state index contributed by atoms with van der Waals surface area (Å²) in [7, 11) is 0. The molecule has 0 radical (unpaired) electrons. The molecule has 0 spiro atoms. The van der Waals surface area contributed by atoms with Crippen LogP contribution in [0.1, 0.15) is 24.0 Å². The monoisotopic (exact) mass is 246 g/mol. The molecule has 1 heterocycles. The van der Waals surface area contributed by atoms with Gasteiger partial charge in [-0.1, -0.05) is 24.3 Å².